The fraction of sp³-hybridized carbons (Fsp3) is 0.267. The monoisotopic (exact) mass is 285 g/mol. The first-order valence-corrected chi connectivity index (χ1v) is 7.23. The lowest BCUT2D eigenvalue weighted by atomic mass is 10.2. The van der Waals surface area contributed by atoms with Crippen LogP contribution in [0.3, 0.4) is 0 Å². The minimum absolute atomic E-state index is 0.156. The maximum atomic E-state index is 11.6. The maximum Gasteiger partial charge on any atom is 0.251 e. The lowest BCUT2D eigenvalue weighted by Gasteiger charge is -2.05. The minimum atomic E-state index is -0.156. The first kappa shape index (κ1) is 14.4. The van der Waals surface area contributed by atoms with Crippen LogP contribution in [0.25, 0.3) is 0 Å². The van der Waals surface area contributed by atoms with Gasteiger partial charge in [-0.25, -0.2) is 4.98 Å². The molecule has 0 spiro atoms. The molecular weight excluding hydrogens is 270 g/mol. The molecule has 0 aliphatic carbocycles. The Bertz CT molecular complexity index is 716. The van der Waals surface area contributed by atoms with Gasteiger partial charge in [-0.15, -0.1) is 0 Å². The molecule has 2 rings (SSSR count). The Kier molecular flexibility index (Phi) is 4.59. The Labute approximate surface area is 121 Å². The Morgan fingerprint density at radius 2 is 2.20 bits per heavy atom. The van der Waals surface area contributed by atoms with E-state index in [9.17, 15) is 4.79 Å². The molecular formula is C15H15N3OS. The molecule has 0 amide bonds. The van der Waals surface area contributed by atoms with Crippen LogP contribution in [0.2, 0.25) is 0 Å². The van der Waals surface area contributed by atoms with Crippen molar-refractivity contribution in [2.45, 2.75) is 36.7 Å². The molecule has 2 aromatic rings. The van der Waals surface area contributed by atoms with Crippen LogP contribution in [0.15, 0.2) is 39.1 Å². The van der Waals surface area contributed by atoms with Crippen LogP contribution in [-0.2, 0) is 6.42 Å². The van der Waals surface area contributed by atoms with Gasteiger partial charge in [0.05, 0.1) is 5.56 Å². The Morgan fingerprint density at radius 3 is 2.90 bits per heavy atom. The molecule has 0 aliphatic heterocycles. The highest BCUT2D eigenvalue weighted by Gasteiger charge is 2.07. The van der Waals surface area contributed by atoms with Crippen molar-refractivity contribution >= 4 is 11.8 Å². The highest BCUT2D eigenvalue weighted by atomic mass is 32.2. The molecule has 0 saturated heterocycles. The predicted octanol–water partition coefficient (Wildman–Crippen LogP) is 3.05. The third kappa shape index (κ3) is 3.49. The van der Waals surface area contributed by atoms with Gasteiger partial charge in [-0.1, -0.05) is 31.2 Å². The Balaban J connectivity index is 2.35. The lowest BCUT2D eigenvalue weighted by molar-refractivity contribution is 0.816. The zero-order chi connectivity index (χ0) is 14.5. The van der Waals surface area contributed by atoms with Crippen LogP contribution < -0.4 is 5.56 Å². The van der Waals surface area contributed by atoms with Gasteiger partial charge in [-0.05, 0) is 31.0 Å². The molecule has 0 saturated carbocycles. The van der Waals surface area contributed by atoms with Crippen molar-refractivity contribution in [2.24, 2.45) is 0 Å². The molecule has 4 nitrogen and oxygen atoms in total. The summed E-state index contributed by atoms with van der Waals surface area (Å²) in [7, 11) is 0. The number of hydrogen-bond acceptors (Lipinski definition) is 4. The molecule has 0 unspecified atom stereocenters. The number of aromatic amines is 1. The molecule has 0 atom stereocenters. The molecule has 0 radical (unpaired) electrons. The van der Waals surface area contributed by atoms with Crippen molar-refractivity contribution in [2.75, 3.05) is 0 Å². The maximum absolute atomic E-state index is 11.6. The van der Waals surface area contributed by atoms with E-state index in [1.807, 2.05) is 32.0 Å². The first-order chi connectivity index (χ1) is 9.62. The molecule has 0 aliphatic rings. The van der Waals surface area contributed by atoms with Crippen molar-refractivity contribution in [3.8, 4) is 6.07 Å². The van der Waals surface area contributed by atoms with Crippen LogP contribution in [0.5, 0.6) is 0 Å². The summed E-state index contributed by atoms with van der Waals surface area (Å²) in [6, 6.07) is 9.34. The van der Waals surface area contributed by atoms with Crippen LogP contribution in [-0.4, -0.2) is 9.97 Å². The molecule has 1 heterocycles. The fourth-order valence-electron chi connectivity index (χ4n) is 1.84. The van der Waals surface area contributed by atoms with Gasteiger partial charge in [0.25, 0.3) is 5.56 Å². The molecule has 0 bridgehead atoms. The number of H-pyrrole nitrogens is 1. The zero-order valence-corrected chi connectivity index (χ0v) is 12.3. The summed E-state index contributed by atoms with van der Waals surface area (Å²) in [5.74, 6) is 0. The minimum Gasteiger partial charge on any atom is -0.301 e. The molecule has 0 fully saturated rings. The van der Waals surface area contributed by atoms with E-state index in [0.29, 0.717) is 10.7 Å². The number of nitrogens with one attached hydrogen (secondary N) is 1. The van der Waals surface area contributed by atoms with Crippen molar-refractivity contribution in [1.82, 2.24) is 9.97 Å². The van der Waals surface area contributed by atoms with Crippen LogP contribution >= 0.6 is 11.8 Å². The molecule has 1 aromatic heterocycles. The van der Waals surface area contributed by atoms with Gasteiger partial charge < -0.3 is 4.98 Å². The van der Waals surface area contributed by atoms with Crippen molar-refractivity contribution in [3.63, 3.8) is 0 Å². The van der Waals surface area contributed by atoms with Crippen molar-refractivity contribution in [3.05, 3.63) is 51.4 Å². The predicted molar refractivity (Wildman–Crippen MR) is 78.9 cm³/mol. The summed E-state index contributed by atoms with van der Waals surface area (Å²) < 4.78 is 0. The largest absolute Gasteiger partial charge is 0.301 e. The second kappa shape index (κ2) is 6.40. The summed E-state index contributed by atoms with van der Waals surface area (Å²) >= 11 is 1.31. The van der Waals surface area contributed by atoms with E-state index in [-0.39, 0.29) is 5.56 Å². The SMILES string of the molecule is CCCc1cc(=O)[nH]c(Sc2ccc(C)cc2C#N)n1. The molecule has 5 heteroatoms. The van der Waals surface area contributed by atoms with Crippen LogP contribution in [0.1, 0.15) is 30.2 Å². The summed E-state index contributed by atoms with van der Waals surface area (Å²) in [4.78, 5) is 19.5. The summed E-state index contributed by atoms with van der Waals surface area (Å²) in [5.41, 5.74) is 2.26. The van der Waals surface area contributed by atoms with Crippen molar-refractivity contribution in [1.29, 1.82) is 5.26 Å². The third-order valence-corrected chi connectivity index (χ3v) is 3.70. The number of benzene rings is 1. The average Bonchev–Trinajstić information content (AvgIpc) is 2.40. The molecule has 1 aromatic carbocycles. The standard InChI is InChI=1S/C15H15N3OS/c1-3-4-12-8-14(19)18-15(17-12)20-13-6-5-10(2)7-11(13)9-16/h5-8H,3-4H2,1-2H3,(H,17,18,19). The van der Waals surface area contributed by atoms with Crippen LogP contribution in [0, 0.1) is 18.3 Å². The van der Waals surface area contributed by atoms with Gasteiger partial charge in [0.15, 0.2) is 5.16 Å². The second-order valence-corrected chi connectivity index (χ2v) is 5.54. The van der Waals surface area contributed by atoms with Crippen molar-refractivity contribution < 1.29 is 0 Å². The third-order valence-electron chi connectivity index (χ3n) is 2.74. The van der Waals surface area contributed by atoms with Gasteiger partial charge in [-0.3, -0.25) is 4.79 Å². The number of rotatable bonds is 4. The van der Waals surface area contributed by atoms with E-state index in [4.69, 9.17) is 5.26 Å². The number of aryl methyl sites for hydroxylation is 2. The normalized spacial score (nSPS) is 10.2. The van der Waals surface area contributed by atoms with Crippen LogP contribution in [0.4, 0.5) is 0 Å². The highest BCUT2D eigenvalue weighted by molar-refractivity contribution is 7.99. The van der Waals surface area contributed by atoms with E-state index in [2.05, 4.69) is 16.0 Å². The second-order valence-electron chi connectivity index (χ2n) is 4.51. The summed E-state index contributed by atoms with van der Waals surface area (Å²) in [6.45, 7) is 3.99. The van der Waals surface area contributed by atoms with E-state index in [1.165, 1.54) is 17.8 Å². The van der Waals surface area contributed by atoms with Gasteiger partial charge in [0.2, 0.25) is 0 Å². The quantitative estimate of drug-likeness (QED) is 0.876. The van der Waals surface area contributed by atoms with Gasteiger partial charge >= 0.3 is 0 Å². The number of aromatic nitrogens is 2. The summed E-state index contributed by atoms with van der Waals surface area (Å²) in [6.07, 6.45) is 1.71. The number of nitrogens with zero attached hydrogens (tertiary/aromatic N) is 2. The number of hydrogen-bond donors (Lipinski definition) is 1. The average molecular weight is 285 g/mol. The number of nitriles is 1. The molecule has 1 N–H and O–H groups in total. The van der Waals surface area contributed by atoms with Gasteiger partial charge in [-0.2, -0.15) is 5.26 Å². The molecule has 20 heavy (non-hydrogen) atoms. The lowest BCUT2D eigenvalue weighted by Crippen LogP contribution is -2.09. The topological polar surface area (TPSA) is 69.5 Å². The first-order valence-electron chi connectivity index (χ1n) is 6.41. The van der Waals surface area contributed by atoms with Gasteiger partial charge in [0, 0.05) is 16.7 Å². The highest BCUT2D eigenvalue weighted by Crippen LogP contribution is 2.27. The fourth-order valence-corrected chi connectivity index (χ4v) is 2.71. The van der Waals surface area contributed by atoms with E-state index in [1.54, 1.807) is 0 Å². The summed E-state index contributed by atoms with van der Waals surface area (Å²) in [5, 5.41) is 9.69. The molecule has 102 valence electrons. The Morgan fingerprint density at radius 1 is 1.40 bits per heavy atom. The Hall–Kier alpha value is -2.06. The van der Waals surface area contributed by atoms with E-state index >= 15 is 0 Å². The zero-order valence-electron chi connectivity index (χ0n) is 11.4. The smallest absolute Gasteiger partial charge is 0.251 e. The van der Waals surface area contributed by atoms with Gasteiger partial charge in [0.1, 0.15) is 6.07 Å². The van der Waals surface area contributed by atoms with E-state index < -0.39 is 0 Å². The van der Waals surface area contributed by atoms with E-state index in [0.717, 1.165) is 29.0 Å².